The third-order valence-electron chi connectivity index (χ3n) is 3.62. The maximum atomic E-state index is 12.4. The number of aliphatic carboxylic acids is 1. The fourth-order valence-corrected chi connectivity index (χ4v) is 2.76. The zero-order valence-electron chi connectivity index (χ0n) is 12.7. The van der Waals surface area contributed by atoms with Gasteiger partial charge in [0.05, 0.1) is 10.0 Å². The van der Waals surface area contributed by atoms with Crippen LogP contribution >= 0.6 is 23.2 Å². The molecule has 1 aromatic rings. The molecule has 0 aromatic heterocycles. The zero-order valence-corrected chi connectivity index (χ0v) is 14.2. The molecule has 0 spiro atoms. The van der Waals surface area contributed by atoms with Gasteiger partial charge < -0.3 is 14.9 Å². The van der Waals surface area contributed by atoms with Gasteiger partial charge in [0, 0.05) is 20.1 Å². The summed E-state index contributed by atoms with van der Waals surface area (Å²) in [4.78, 5) is 48.9. The Kier molecular flexibility index (Phi) is 5.46. The molecule has 24 heavy (non-hydrogen) atoms. The minimum absolute atomic E-state index is 0.173. The fourth-order valence-electron chi connectivity index (χ4n) is 2.44. The summed E-state index contributed by atoms with van der Waals surface area (Å²) in [7, 11) is 1.49. The first-order chi connectivity index (χ1) is 11.2. The van der Waals surface area contributed by atoms with Gasteiger partial charge in [0.15, 0.2) is 0 Å². The van der Waals surface area contributed by atoms with Crippen molar-refractivity contribution >= 4 is 46.8 Å². The van der Waals surface area contributed by atoms with Crippen molar-refractivity contribution in [3.63, 3.8) is 0 Å². The number of benzene rings is 1. The molecule has 1 aliphatic heterocycles. The number of nitrogens with zero attached hydrogens (tertiary/aromatic N) is 2. The molecule has 7 nitrogen and oxygen atoms in total. The molecular formula is C15H14Cl2N2O5. The monoisotopic (exact) mass is 372 g/mol. The molecule has 1 aromatic carbocycles. The van der Waals surface area contributed by atoms with E-state index in [0.717, 1.165) is 4.90 Å². The van der Waals surface area contributed by atoms with Gasteiger partial charge in [-0.05, 0) is 17.7 Å². The van der Waals surface area contributed by atoms with E-state index in [2.05, 4.69) is 0 Å². The smallest absolute Gasteiger partial charge is 0.323 e. The maximum absolute atomic E-state index is 12.4. The Labute approximate surface area is 147 Å². The standard InChI is InChI=1S/C15H14Cl2N2O5/c1-18(5-8-2-3-10(16)11(17)4-8)14(23)9-6-19(7-12(20)21)15(24)13(9)22/h2-4,9H,5-7H2,1H3,(H,20,21). The molecular weight excluding hydrogens is 359 g/mol. The molecule has 9 heteroatoms. The lowest BCUT2D eigenvalue weighted by atomic mass is 10.1. The van der Waals surface area contributed by atoms with Crippen molar-refractivity contribution in [3.05, 3.63) is 33.8 Å². The average molecular weight is 373 g/mol. The summed E-state index contributed by atoms with van der Waals surface area (Å²) in [5.41, 5.74) is 0.708. The number of halogens is 2. The van der Waals surface area contributed by atoms with E-state index in [4.69, 9.17) is 28.3 Å². The van der Waals surface area contributed by atoms with Crippen LogP contribution in [0.5, 0.6) is 0 Å². The first-order valence-corrected chi connectivity index (χ1v) is 7.70. The molecule has 1 unspecified atom stereocenters. The fraction of sp³-hybridized carbons (Fsp3) is 0.333. The second kappa shape index (κ2) is 7.19. The highest BCUT2D eigenvalue weighted by molar-refractivity contribution is 6.43. The van der Waals surface area contributed by atoms with Gasteiger partial charge in [-0.25, -0.2) is 0 Å². The molecule has 2 rings (SSSR count). The van der Waals surface area contributed by atoms with E-state index in [1.54, 1.807) is 18.2 Å². The molecule has 1 aliphatic rings. The summed E-state index contributed by atoms with van der Waals surface area (Å²) in [6, 6.07) is 4.89. The molecule has 1 fully saturated rings. The highest BCUT2D eigenvalue weighted by Crippen LogP contribution is 2.24. The topological polar surface area (TPSA) is 95.0 Å². The van der Waals surface area contributed by atoms with Gasteiger partial charge in [-0.3, -0.25) is 19.2 Å². The molecule has 1 saturated heterocycles. The van der Waals surface area contributed by atoms with E-state index in [1.807, 2.05) is 0 Å². The zero-order chi connectivity index (χ0) is 18.0. The number of carboxylic acids is 1. The van der Waals surface area contributed by atoms with Crippen molar-refractivity contribution in [1.29, 1.82) is 0 Å². The molecule has 128 valence electrons. The van der Waals surface area contributed by atoms with Gasteiger partial charge in [-0.15, -0.1) is 0 Å². The summed E-state index contributed by atoms with van der Waals surface area (Å²) < 4.78 is 0. The van der Waals surface area contributed by atoms with Crippen LogP contribution in [-0.2, 0) is 25.7 Å². The van der Waals surface area contributed by atoms with Crippen molar-refractivity contribution in [2.45, 2.75) is 6.54 Å². The molecule has 1 atom stereocenters. The predicted molar refractivity (Wildman–Crippen MR) is 85.6 cm³/mol. The van der Waals surface area contributed by atoms with E-state index < -0.39 is 36.0 Å². The second-order valence-corrected chi connectivity index (χ2v) is 6.25. The summed E-state index contributed by atoms with van der Waals surface area (Å²) in [5.74, 6) is -4.81. The number of ketones is 1. The van der Waals surface area contributed by atoms with Gasteiger partial charge >= 0.3 is 5.97 Å². The first-order valence-electron chi connectivity index (χ1n) is 6.94. The molecule has 0 radical (unpaired) electrons. The number of hydrogen-bond acceptors (Lipinski definition) is 4. The minimum atomic E-state index is -1.24. The van der Waals surface area contributed by atoms with Gasteiger partial charge in [0.1, 0.15) is 12.5 Å². The van der Waals surface area contributed by atoms with E-state index in [0.29, 0.717) is 15.6 Å². The third-order valence-corrected chi connectivity index (χ3v) is 4.36. The summed E-state index contributed by atoms with van der Waals surface area (Å²) in [5, 5.41) is 9.46. The normalized spacial score (nSPS) is 17.3. The Balaban J connectivity index is 2.07. The maximum Gasteiger partial charge on any atom is 0.323 e. The van der Waals surface area contributed by atoms with Crippen LogP contribution in [0.4, 0.5) is 0 Å². The van der Waals surface area contributed by atoms with Crippen molar-refractivity contribution in [3.8, 4) is 0 Å². The summed E-state index contributed by atoms with van der Waals surface area (Å²) in [6.07, 6.45) is 0. The van der Waals surface area contributed by atoms with Crippen molar-refractivity contribution < 1.29 is 24.3 Å². The minimum Gasteiger partial charge on any atom is -0.480 e. The Morgan fingerprint density at radius 2 is 1.96 bits per heavy atom. The van der Waals surface area contributed by atoms with Crippen molar-refractivity contribution in [2.75, 3.05) is 20.1 Å². The van der Waals surface area contributed by atoms with Crippen LogP contribution in [0.25, 0.3) is 0 Å². The SMILES string of the molecule is CN(Cc1ccc(Cl)c(Cl)c1)C(=O)C1CN(CC(=O)O)C(=O)C1=O. The molecule has 2 amide bonds. The van der Waals surface area contributed by atoms with Crippen molar-refractivity contribution in [1.82, 2.24) is 9.80 Å². The van der Waals surface area contributed by atoms with Crippen LogP contribution in [0.2, 0.25) is 10.0 Å². The lowest BCUT2D eigenvalue weighted by Crippen LogP contribution is -2.37. The predicted octanol–water partition coefficient (Wildman–Crippen LogP) is 1.06. The van der Waals surface area contributed by atoms with Gasteiger partial charge in [-0.2, -0.15) is 0 Å². The largest absolute Gasteiger partial charge is 0.480 e. The van der Waals surface area contributed by atoms with Gasteiger partial charge in [-0.1, -0.05) is 29.3 Å². The van der Waals surface area contributed by atoms with E-state index in [9.17, 15) is 19.2 Å². The summed E-state index contributed by atoms with van der Waals surface area (Å²) >= 11 is 11.7. The Bertz CT molecular complexity index is 722. The first kappa shape index (κ1) is 18.2. The average Bonchev–Trinajstić information content (AvgIpc) is 2.78. The summed E-state index contributed by atoms with van der Waals surface area (Å²) in [6.45, 7) is -0.661. The molecule has 0 saturated carbocycles. The Morgan fingerprint density at radius 3 is 2.54 bits per heavy atom. The lowest BCUT2D eigenvalue weighted by Gasteiger charge is -2.20. The highest BCUT2D eigenvalue weighted by Gasteiger charge is 2.44. The Hall–Kier alpha value is -2.12. The van der Waals surface area contributed by atoms with E-state index >= 15 is 0 Å². The number of carbonyl (C=O) groups is 4. The van der Waals surface area contributed by atoms with E-state index in [-0.39, 0.29) is 13.1 Å². The third kappa shape index (κ3) is 3.85. The van der Waals surface area contributed by atoms with E-state index in [1.165, 1.54) is 11.9 Å². The highest BCUT2D eigenvalue weighted by atomic mass is 35.5. The second-order valence-electron chi connectivity index (χ2n) is 5.44. The number of likely N-dealkylation sites (tertiary alicyclic amines) is 1. The van der Waals surface area contributed by atoms with Crippen LogP contribution in [-0.4, -0.2) is 58.6 Å². The van der Waals surface area contributed by atoms with Crippen LogP contribution in [0.3, 0.4) is 0 Å². The van der Waals surface area contributed by atoms with Crippen LogP contribution in [0, 0.1) is 5.92 Å². The number of rotatable bonds is 5. The Morgan fingerprint density at radius 1 is 1.29 bits per heavy atom. The van der Waals surface area contributed by atoms with Crippen LogP contribution in [0.15, 0.2) is 18.2 Å². The number of Topliss-reactive ketones (excluding diaryl/α,β-unsaturated/α-hetero) is 1. The molecule has 0 aliphatic carbocycles. The number of hydrogen-bond donors (Lipinski definition) is 1. The van der Waals surface area contributed by atoms with Crippen LogP contribution in [0.1, 0.15) is 5.56 Å². The molecule has 1 N–H and O–H groups in total. The molecule has 0 bridgehead atoms. The quantitative estimate of drug-likeness (QED) is 0.615. The van der Waals surface area contributed by atoms with Gasteiger partial charge in [0.25, 0.3) is 5.91 Å². The van der Waals surface area contributed by atoms with Crippen LogP contribution < -0.4 is 0 Å². The lowest BCUT2D eigenvalue weighted by molar-refractivity contribution is -0.146. The number of amides is 2. The van der Waals surface area contributed by atoms with Gasteiger partial charge in [0.2, 0.25) is 11.7 Å². The molecule has 1 heterocycles. The van der Waals surface area contributed by atoms with Crippen molar-refractivity contribution in [2.24, 2.45) is 5.92 Å². The number of carbonyl (C=O) groups excluding carboxylic acids is 3. The number of carboxylic acid groups (broad SMARTS) is 1.